The molecule has 0 atom stereocenters. The van der Waals surface area contributed by atoms with Crippen LogP contribution >= 0.6 is 23.2 Å². The van der Waals surface area contributed by atoms with Crippen molar-refractivity contribution in [2.45, 2.75) is 6.61 Å². The van der Waals surface area contributed by atoms with E-state index in [0.29, 0.717) is 16.7 Å². The Morgan fingerprint density at radius 3 is 2.68 bits per heavy atom. The molecule has 0 aliphatic rings. The molecule has 0 amide bonds. The molecular formula is C15H10Cl2O2. The van der Waals surface area contributed by atoms with Crippen LogP contribution in [0, 0.1) is 0 Å². The van der Waals surface area contributed by atoms with Crippen LogP contribution in [0.2, 0.25) is 10.0 Å². The van der Waals surface area contributed by atoms with E-state index in [0.717, 1.165) is 22.3 Å². The monoisotopic (exact) mass is 292 g/mol. The molecule has 2 nitrogen and oxygen atoms in total. The molecule has 3 aromatic rings. The third-order valence-electron chi connectivity index (χ3n) is 2.81. The van der Waals surface area contributed by atoms with Gasteiger partial charge in [0.2, 0.25) is 0 Å². The predicted molar refractivity (Wildman–Crippen MR) is 77.0 cm³/mol. The van der Waals surface area contributed by atoms with Crippen LogP contribution in [0.3, 0.4) is 0 Å². The molecule has 2 aromatic carbocycles. The molecule has 4 heteroatoms. The average Bonchev–Trinajstić information content (AvgIpc) is 2.79. The SMILES string of the molecule is Clc1cccc(OCc2coc3ccc(Cl)cc23)c1. The highest BCUT2D eigenvalue weighted by atomic mass is 35.5. The minimum Gasteiger partial charge on any atom is -0.489 e. The van der Waals surface area contributed by atoms with Crippen LogP contribution in [0.1, 0.15) is 5.56 Å². The van der Waals surface area contributed by atoms with Crippen molar-refractivity contribution in [1.29, 1.82) is 0 Å². The van der Waals surface area contributed by atoms with E-state index >= 15 is 0 Å². The Bertz CT molecular complexity index is 719. The lowest BCUT2D eigenvalue weighted by molar-refractivity contribution is 0.306. The second-order valence-electron chi connectivity index (χ2n) is 4.15. The van der Waals surface area contributed by atoms with E-state index < -0.39 is 0 Å². The number of halogens is 2. The smallest absolute Gasteiger partial charge is 0.134 e. The second-order valence-corrected chi connectivity index (χ2v) is 5.02. The maximum absolute atomic E-state index is 5.99. The van der Waals surface area contributed by atoms with Gasteiger partial charge in [0.15, 0.2) is 0 Å². The molecule has 0 fully saturated rings. The lowest BCUT2D eigenvalue weighted by atomic mass is 10.2. The predicted octanol–water partition coefficient (Wildman–Crippen LogP) is 5.32. The van der Waals surface area contributed by atoms with E-state index in [1.807, 2.05) is 24.3 Å². The molecule has 96 valence electrons. The summed E-state index contributed by atoms with van der Waals surface area (Å²) in [6.45, 7) is 0.410. The molecule has 3 rings (SSSR count). The largest absolute Gasteiger partial charge is 0.489 e. The first kappa shape index (κ1) is 12.4. The Hall–Kier alpha value is -1.64. The molecule has 0 aliphatic carbocycles. The summed E-state index contributed by atoms with van der Waals surface area (Å²) in [7, 11) is 0. The Morgan fingerprint density at radius 1 is 1.00 bits per heavy atom. The van der Waals surface area contributed by atoms with Crippen molar-refractivity contribution in [1.82, 2.24) is 0 Å². The van der Waals surface area contributed by atoms with Gasteiger partial charge in [0.1, 0.15) is 17.9 Å². The first-order valence-electron chi connectivity index (χ1n) is 5.76. The van der Waals surface area contributed by atoms with Crippen molar-refractivity contribution in [2.24, 2.45) is 0 Å². The van der Waals surface area contributed by atoms with E-state index in [4.69, 9.17) is 32.4 Å². The summed E-state index contributed by atoms with van der Waals surface area (Å²) >= 11 is 11.9. The normalized spacial score (nSPS) is 10.8. The minimum absolute atomic E-state index is 0.410. The highest BCUT2D eigenvalue weighted by Gasteiger charge is 2.07. The average molecular weight is 293 g/mol. The molecule has 0 bridgehead atoms. The number of ether oxygens (including phenoxy) is 1. The van der Waals surface area contributed by atoms with Gasteiger partial charge >= 0.3 is 0 Å². The Morgan fingerprint density at radius 2 is 1.84 bits per heavy atom. The number of rotatable bonds is 3. The van der Waals surface area contributed by atoms with Crippen molar-refractivity contribution in [2.75, 3.05) is 0 Å². The first-order chi connectivity index (χ1) is 9.22. The van der Waals surface area contributed by atoms with Crippen LogP contribution in [-0.4, -0.2) is 0 Å². The maximum Gasteiger partial charge on any atom is 0.134 e. The summed E-state index contributed by atoms with van der Waals surface area (Å²) in [6, 6.07) is 12.8. The summed E-state index contributed by atoms with van der Waals surface area (Å²) in [5, 5.41) is 2.30. The zero-order valence-electron chi connectivity index (χ0n) is 9.90. The van der Waals surface area contributed by atoms with Gasteiger partial charge < -0.3 is 9.15 Å². The number of furan rings is 1. The molecule has 0 spiro atoms. The second kappa shape index (κ2) is 5.16. The van der Waals surface area contributed by atoms with E-state index in [-0.39, 0.29) is 0 Å². The van der Waals surface area contributed by atoms with Gasteiger partial charge in [0.05, 0.1) is 6.26 Å². The Kier molecular flexibility index (Phi) is 3.36. The molecule has 0 saturated carbocycles. The van der Waals surface area contributed by atoms with Gasteiger partial charge in [0, 0.05) is 21.0 Å². The Balaban J connectivity index is 1.84. The summed E-state index contributed by atoms with van der Waals surface area (Å²) in [4.78, 5) is 0. The van der Waals surface area contributed by atoms with Gasteiger partial charge in [-0.3, -0.25) is 0 Å². The summed E-state index contributed by atoms with van der Waals surface area (Å²) < 4.78 is 11.1. The molecule has 0 unspecified atom stereocenters. The van der Waals surface area contributed by atoms with Crippen molar-refractivity contribution in [3.63, 3.8) is 0 Å². The van der Waals surface area contributed by atoms with Crippen molar-refractivity contribution in [3.8, 4) is 5.75 Å². The third kappa shape index (κ3) is 2.70. The number of benzene rings is 2. The van der Waals surface area contributed by atoms with Gasteiger partial charge in [-0.1, -0.05) is 29.3 Å². The van der Waals surface area contributed by atoms with Crippen LogP contribution in [0.15, 0.2) is 53.1 Å². The molecular weight excluding hydrogens is 283 g/mol. The summed E-state index contributed by atoms with van der Waals surface area (Å²) in [6.07, 6.45) is 1.69. The molecule has 1 aromatic heterocycles. The molecule has 0 saturated heterocycles. The van der Waals surface area contributed by atoms with Crippen molar-refractivity contribution < 1.29 is 9.15 Å². The van der Waals surface area contributed by atoms with Gasteiger partial charge in [-0.25, -0.2) is 0 Å². The van der Waals surface area contributed by atoms with Gasteiger partial charge in [-0.15, -0.1) is 0 Å². The summed E-state index contributed by atoms with van der Waals surface area (Å²) in [5.74, 6) is 0.726. The van der Waals surface area contributed by atoms with E-state index in [2.05, 4.69) is 0 Å². The zero-order valence-corrected chi connectivity index (χ0v) is 11.4. The molecule has 19 heavy (non-hydrogen) atoms. The highest BCUT2D eigenvalue weighted by molar-refractivity contribution is 6.31. The van der Waals surface area contributed by atoms with Crippen LogP contribution in [-0.2, 0) is 6.61 Å². The molecule has 0 aliphatic heterocycles. The van der Waals surface area contributed by atoms with E-state index in [1.165, 1.54) is 0 Å². The Labute approximate surface area is 120 Å². The van der Waals surface area contributed by atoms with E-state index in [9.17, 15) is 0 Å². The number of hydrogen-bond acceptors (Lipinski definition) is 2. The minimum atomic E-state index is 0.410. The fourth-order valence-corrected chi connectivity index (χ4v) is 2.24. The third-order valence-corrected chi connectivity index (χ3v) is 3.28. The van der Waals surface area contributed by atoms with Crippen molar-refractivity contribution >= 4 is 34.2 Å². The lowest BCUT2D eigenvalue weighted by Gasteiger charge is -2.05. The molecule has 0 N–H and O–H groups in total. The fraction of sp³-hybridized carbons (Fsp3) is 0.0667. The van der Waals surface area contributed by atoms with Gasteiger partial charge in [-0.2, -0.15) is 0 Å². The van der Waals surface area contributed by atoms with Gasteiger partial charge in [0.25, 0.3) is 0 Å². The molecule has 0 radical (unpaired) electrons. The standard InChI is InChI=1S/C15H10Cl2O2/c16-11-2-1-3-13(6-11)18-8-10-9-19-15-5-4-12(17)7-14(10)15/h1-7,9H,8H2. The lowest BCUT2D eigenvalue weighted by Crippen LogP contribution is -1.94. The highest BCUT2D eigenvalue weighted by Crippen LogP contribution is 2.26. The first-order valence-corrected chi connectivity index (χ1v) is 6.52. The number of fused-ring (bicyclic) bond motifs is 1. The summed E-state index contributed by atoms with van der Waals surface area (Å²) in [5.41, 5.74) is 1.76. The molecule has 1 heterocycles. The van der Waals surface area contributed by atoms with E-state index in [1.54, 1.807) is 24.5 Å². The van der Waals surface area contributed by atoms with Gasteiger partial charge in [-0.05, 0) is 36.4 Å². The van der Waals surface area contributed by atoms with Crippen LogP contribution in [0.5, 0.6) is 5.75 Å². The topological polar surface area (TPSA) is 22.4 Å². The van der Waals surface area contributed by atoms with Crippen LogP contribution in [0.25, 0.3) is 11.0 Å². The maximum atomic E-state index is 5.99. The van der Waals surface area contributed by atoms with Crippen molar-refractivity contribution in [3.05, 3.63) is 64.3 Å². The fourth-order valence-electron chi connectivity index (χ4n) is 1.88. The zero-order chi connectivity index (χ0) is 13.2. The van der Waals surface area contributed by atoms with Crippen LogP contribution in [0.4, 0.5) is 0 Å². The number of hydrogen-bond donors (Lipinski definition) is 0. The van der Waals surface area contributed by atoms with Crippen LogP contribution < -0.4 is 4.74 Å². The quantitative estimate of drug-likeness (QED) is 0.652.